The first kappa shape index (κ1) is 14.8. The lowest BCUT2D eigenvalue weighted by atomic mass is 9.82. The highest BCUT2D eigenvalue weighted by Gasteiger charge is 2.54. The summed E-state index contributed by atoms with van der Waals surface area (Å²) in [5, 5.41) is 13.3. The fourth-order valence-electron chi connectivity index (χ4n) is 4.22. The van der Waals surface area contributed by atoms with Crippen LogP contribution in [0.15, 0.2) is 36.4 Å². The summed E-state index contributed by atoms with van der Waals surface area (Å²) < 4.78 is 0. The molecule has 4 atom stereocenters. The summed E-state index contributed by atoms with van der Waals surface area (Å²) in [5.41, 5.74) is 0.705. The first-order valence-electron chi connectivity index (χ1n) is 7.99. The van der Waals surface area contributed by atoms with Crippen LogP contribution in [0.2, 0.25) is 5.02 Å². The topological polar surface area (TPSA) is 66.4 Å². The van der Waals surface area contributed by atoms with Gasteiger partial charge in [-0.1, -0.05) is 35.9 Å². The third kappa shape index (κ3) is 2.36. The number of hydrogen-bond acceptors (Lipinski definition) is 2. The Morgan fingerprint density at radius 3 is 2.26 bits per heavy atom. The number of rotatable bonds is 4. The zero-order chi connectivity index (χ0) is 16.2. The Labute approximate surface area is 139 Å². The SMILES string of the molecule is O=C(O)C1C2C=CC(C2)C1C(=O)NC1(c2ccc(Cl)cc2)CC1. The molecule has 4 unspecified atom stereocenters. The fourth-order valence-corrected chi connectivity index (χ4v) is 4.34. The van der Waals surface area contributed by atoms with Crippen molar-refractivity contribution in [2.24, 2.45) is 23.7 Å². The molecule has 2 bridgehead atoms. The van der Waals surface area contributed by atoms with Crippen LogP contribution in [0.5, 0.6) is 0 Å². The van der Waals surface area contributed by atoms with Crippen LogP contribution in [-0.2, 0) is 15.1 Å². The molecule has 0 radical (unpaired) electrons. The van der Waals surface area contributed by atoms with Gasteiger partial charge < -0.3 is 10.4 Å². The van der Waals surface area contributed by atoms with E-state index in [2.05, 4.69) is 5.32 Å². The zero-order valence-electron chi connectivity index (χ0n) is 12.5. The van der Waals surface area contributed by atoms with Crippen molar-refractivity contribution in [1.29, 1.82) is 0 Å². The maximum atomic E-state index is 12.8. The molecule has 0 aromatic heterocycles. The van der Waals surface area contributed by atoms with Gasteiger partial charge in [-0.15, -0.1) is 0 Å². The van der Waals surface area contributed by atoms with E-state index in [4.69, 9.17) is 11.6 Å². The van der Waals surface area contributed by atoms with Gasteiger partial charge in [-0.25, -0.2) is 0 Å². The van der Waals surface area contributed by atoms with Crippen LogP contribution in [0.25, 0.3) is 0 Å². The molecule has 1 amide bonds. The first-order chi connectivity index (χ1) is 11.0. The number of benzene rings is 1. The lowest BCUT2D eigenvalue weighted by Crippen LogP contribution is -2.44. The summed E-state index contributed by atoms with van der Waals surface area (Å²) in [6, 6.07) is 7.52. The number of carboxylic acids is 1. The molecule has 1 aromatic rings. The molecule has 0 spiro atoms. The summed E-state index contributed by atoms with van der Waals surface area (Å²) in [5.74, 6) is -1.97. The number of aliphatic carboxylic acids is 1. The van der Waals surface area contributed by atoms with E-state index >= 15 is 0 Å². The second kappa shape index (κ2) is 5.10. The predicted molar refractivity (Wildman–Crippen MR) is 85.9 cm³/mol. The van der Waals surface area contributed by atoms with Crippen LogP contribution < -0.4 is 5.32 Å². The average molecular weight is 332 g/mol. The Kier molecular flexibility index (Phi) is 3.27. The summed E-state index contributed by atoms with van der Waals surface area (Å²) in [6.45, 7) is 0. The van der Waals surface area contributed by atoms with Crippen LogP contribution in [0.3, 0.4) is 0 Å². The molecule has 0 saturated heterocycles. The van der Waals surface area contributed by atoms with Crippen molar-refractivity contribution in [2.45, 2.75) is 24.8 Å². The molecule has 4 nitrogen and oxygen atoms in total. The minimum absolute atomic E-state index is 0.000986. The smallest absolute Gasteiger partial charge is 0.307 e. The van der Waals surface area contributed by atoms with Crippen LogP contribution in [0.4, 0.5) is 0 Å². The van der Waals surface area contributed by atoms with Crippen molar-refractivity contribution in [2.75, 3.05) is 0 Å². The minimum atomic E-state index is -0.863. The normalized spacial score (nSPS) is 32.7. The third-order valence-corrected chi connectivity index (χ3v) is 5.81. The Balaban J connectivity index is 1.55. The Hall–Kier alpha value is -1.81. The standard InChI is InChI=1S/C18H18ClNO3/c19-13-5-3-12(4-6-13)18(7-8-18)20-16(21)14-10-1-2-11(9-10)15(14)17(22)23/h1-6,10-11,14-15H,7-9H2,(H,20,21)(H,22,23). The van der Waals surface area contributed by atoms with E-state index in [1.54, 1.807) is 0 Å². The molecule has 1 aromatic carbocycles. The largest absolute Gasteiger partial charge is 0.481 e. The second-order valence-electron chi connectivity index (χ2n) is 6.92. The van der Waals surface area contributed by atoms with E-state index < -0.39 is 17.8 Å². The second-order valence-corrected chi connectivity index (χ2v) is 7.35. The molecule has 5 heteroatoms. The van der Waals surface area contributed by atoms with Crippen LogP contribution in [-0.4, -0.2) is 17.0 Å². The number of nitrogens with one attached hydrogen (secondary N) is 1. The molecule has 23 heavy (non-hydrogen) atoms. The van der Waals surface area contributed by atoms with Crippen molar-refractivity contribution in [3.8, 4) is 0 Å². The number of halogens is 1. The van der Waals surface area contributed by atoms with Gasteiger partial charge in [0.15, 0.2) is 0 Å². The number of carboxylic acid groups (broad SMARTS) is 1. The molecular weight excluding hydrogens is 314 g/mol. The van der Waals surface area contributed by atoms with Gasteiger partial charge in [0, 0.05) is 5.02 Å². The summed E-state index contributed by atoms with van der Waals surface area (Å²) in [7, 11) is 0. The van der Waals surface area contributed by atoms with Crippen molar-refractivity contribution >= 4 is 23.5 Å². The van der Waals surface area contributed by atoms with Crippen LogP contribution in [0, 0.1) is 23.7 Å². The lowest BCUT2D eigenvalue weighted by Gasteiger charge is -2.27. The predicted octanol–water partition coefficient (Wildman–Crippen LogP) is 2.97. The van der Waals surface area contributed by atoms with E-state index in [1.165, 1.54) is 0 Å². The van der Waals surface area contributed by atoms with E-state index in [9.17, 15) is 14.7 Å². The van der Waals surface area contributed by atoms with Gasteiger partial charge in [0.25, 0.3) is 0 Å². The highest BCUT2D eigenvalue weighted by Crippen LogP contribution is 2.50. The molecular formula is C18H18ClNO3. The van der Waals surface area contributed by atoms with E-state index in [1.807, 2.05) is 36.4 Å². The minimum Gasteiger partial charge on any atom is -0.481 e. The van der Waals surface area contributed by atoms with Gasteiger partial charge in [-0.3, -0.25) is 9.59 Å². The Morgan fingerprint density at radius 1 is 1.09 bits per heavy atom. The summed E-state index contributed by atoms with van der Waals surface area (Å²) >= 11 is 5.93. The molecule has 0 heterocycles. The van der Waals surface area contributed by atoms with Gasteiger partial charge in [0.05, 0.1) is 17.4 Å². The van der Waals surface area contributed by atoms with Gasteiger partial charge in [0.1, 0.15) is 0 Å². The molecule has 2 fully saturated rings. The highest BCUT2D eigenvalue weighted by molar-refractivity contribution is 6.30. The number of hydrogen-bond donors (Lipinski definition) is 2. The van der Waals surface area contributed by atoms with Crippen LogP contribution >= 0.6 is 11.6 Å². The molecule has 2 saturated carbocycles. The Morgan fingerprint density at radius 2 is 1.70 bits per heavy atom. The molecule has 2 N–H and O–H groups in total. The number of carbonyl (C=O) groups excluding carboxylic acids is 1. The van der Waals surface area contributed by atoms with E-state index in [-0.39, 0.29) is 23.3 Å². The van der Waals surface area contributed by atoms with Gasteiger partial charge in [-0.05, 0) is 48.8 Å². The molecule has 120 valence electrons. The average Bonchev–Trinajstić information content (AvgIpc) is 3.01. The van der Waals surface area contributed by atoms with Crippen LogP contribution in [0.1, 0.15) is 24.8 Å². The molecule has 3 aliphatic rings. The summed E-state index contributed by atoms with van der Waals surface area (Å²) in [6.07, 6.45) is 6.52. The van der Waals surface area contributed by atoms with Gasteiger partial charge in [-0.2, -0.15) is 0 Å². The van der Waals surface area contributed by atoms with Crippen molar-refractivity contribution in [3.63, 3.8) is 0 Å². The first-order valence-corrected chi connectivity index (χ1v) is 8.37. The highest BCUT2D eigenvalue weighted by atomic mass is 35.5. The van der Waals surface area contributed by atoms with Gasteiger partial charge >= 0.3 is 5.97 Å². The monoisotopic (exact) mass is 331 g/mol. The van der Waals surface area contributed by atoms with E-state index in [0.29, 0.717) is 5.02 Å². The lowest BCUT2D eigenvalue weighted by molar-refractivity contribution is -0.148. The van der Waals surface area contributed by atoms with E-state index in [0.717, 1.165) is 24.8 Å². The van der Waals surface area contributed by atoms with Gasteiger partial charge in [0.2, 0.25) is 5.91 Å². The maximum Gasteiger partial charge on any atom is 0.307 e. The number of fused-ring (bicyclic) bond motifs is 2. The fraction of sp³-hybridized carbons (Fsp3) is 0.444. The molecule has 0 aliphatic heterocycles. The molecule has 3 aliphatic carbocycles. The third-order valence-electron chi connectivity index (χ3n) is 5.56. The quantitative estimate of drug-likeness (QED) is 0.834. The molecule has 4 rings (SSSR count). The Bertz CT molecular complexity index is 693. The summed E-state index contributed by atoms with van der Waals surface area (Å²) in [4.78, 5) is 24.4. The van der Waals surface area contributed by atoms with Crippen molar-refractivity contribution in [1.82, 2.24) is 5.32 Å². The zero-order valence-corrected chi connectivity index (χ0v) is 13.3. The number of amides is 1. The van der Waals surface area contributed by atoms with Crippen molar-refractivity contribution in [3.05, 3.63) is 47.0 Å². The number of allylic oxidation sites excluding steroid dienone is 2. The number of carbonyl (C=O) groups is 2. The van der Waals surface area contributed by atoms with Crippen molar-refractivity contribution < 1.29 is 14.7 Å². The maximum absolute atomic E-state index is 12.8.